The Balaban J connectivity index is 1.79. The van der Waals surface area contributed by atoms with Crippen molar-refractivity contribution in [2.24, 2.45) is 0 Å². The lowest BCUT2D eigenvalue weighted by atomic mass is 9.74. The van der Waals surface area contributed by atoms with Crippen molar-refractivity contribution in [3.8, 4) is 0 Å². The van der Waals surface area contributed by atoms with E-state index in [1.807, 2.05) is 0 Å². The van der Waals surface area contributed by atoms with E-state index in [1.165, 1.54) is 30.5 Å². The van der Waals surface area contributed by atoms with Crippen molar-refractivity contribution in [3.05, 3.63) is 65.2 Å². The fraction of sp³-hybridized carbons (Fsp3) is 0.294. The molecule has 1 nitrogen and oxygen atoms in total. The van der Waals surface area contributed by atoms with Gasteiger partial charge in [0.05, 0.1) is 0 Å². The molecule has 0 fully saturated rings. The lowest BCUT2D eigenvalue weighted by molar-refractivity contribution is 0.481. The van der Waals surface area contributed by atoms with Crippen LogP contribution in [0.4, 0.5) is 5.69 Å². The summed E-state index contributed by atoms with van der Waals surface area (Å²) in [6.45, 7) is 0. The summed E-state index contributed by atoms with van der Waals surface area (Å²) in [5.74, 6) is 0.657. The van der Waals surface area contributed by atoms with Gasteiger partial charge in [-0.15, -0.1) is 0 Å². The van der Waals surface area contributed by atoms with Crippen LogP contribution in [-0.4, -0.2) is 6.04 Å². The molecule has 0 amide bonds. The van der Waals surface area contributed by atoms with Crippen molar-refractivity contribution in [2.75, 3.05) is 5.32 Å². The fourth-order valence-corrected chi connectivity index (χ4v) is 3.55. The first-order valence-electron chi connectivity index (χ1n) is 6.84. The van der Waals surface area contributed by atoms with Crippen molar-refractivity contribution < 1.29 is 0 Å². The van der Waals surface area contributed by atoms with E-state index in [9.17, 15) is 0 Å². The number of nitrogens with one attached hydrogen (secondary N) is 1. The van der Waals surface area contributed by atoms with E-state index in [1.54, 1.807) is 11.1 Å². The molecule has 0 saturated carbocycles. The summed E-state index contributed by atoms with van der Waals surface area (Å²) in [6, 6.07) is 18.3. The molecule has 1 N–H and O–H groups in total. The molecule has 90 valence electrons. The zero-order valence-electron chi connectivity index (χ0n) is 10.4. The summed E-state index contributed by atoms with van der Waals surface area (Å²) < 4.78 is 0. The Labute approximate surface area is 108 Å². The van der Waals surface area contributed by atoms with Crippen LogP contribution in [0.3, 0.4) is 0 Å². The predicted molar refractivity (Wildman–Crippen MR) is 75.1 cm³/mol. The minimum atomic E-state index is 0.620. The van der Waals surface area contributed by atoms with Crippen molar-refractivity contribution in [1.29, 1.82) is 0 Å². The Bertz CT molecular complexity index is 588. The quantitative estimate of drug-likeness (QED) is 0.733. The van der Waals surface area contributed by atoms with Crippen LogP contribution in [0.1, 0.15) is 29.0 Å². The summed E-state index contributed by atoms with van der Waals surface area (Å²) in [7, 11) is 0. The van der Waals surface area contributed by atoms with Crippen LogP contribution in [0.5, 0.6) is 0 Å². The van der Waals surface area contributed by atoms with Gasteiger partial charge in [0.15, 0.2) is 0 Å². The number of hydrogen-bond donors (Lipinski definition) is 1. The SMILES string of the molecule is c1ccc2c(c1)CC1c3ccccc3CCC1N2. The maximum Gasteiger partial charge on any atom is 0.0375 e. The molecule has 0 aromatic heterocycles. The Morgan fingerprint density at radius 1 is 0.889 bits per heavy atom. The lowest BCUT2D eigenvalue weighted by Crippen LogP contribution is -2.37. The second kappa shape index (κ2) is 3.88. The molecule has 2 unspecified atom stereocenters. The summed E-state index contributed by atoms with van der Waals surface area (Å²) >= 11 is 0. The second-order valence-corrected chi connectivity index (χ2v) is 5.46. The van der Waals surface area contributed by atoms with E-state index >= 15 is 0 Å². The Kier molecular flexibility index (Phi) is 2.19. The summed E-state index contributed by atoms with van der Waals surface area (Å²) in [6.07, 6.45) is 3.66. The van der Waals surface area contributed by atoms with Crippen LogP contribution >= 0.6 is 0 Å². The summed E-state index contributed by atoms with van der Waals surface area (Å²) in [5.41, 5.74) is 5.93. The number of hydrogen-bond acceptors (Lipinski definition) is 1. The highest BCUT2D eigenvalue weighted by Crippen LogP contribution is 2.40. The molecule has 0 spiro atoms. The Morgan fingerprint density at radius 3 is 2.61 bits per heavy atom. The number of rotatable bonds is 0. The zero-order chi connectivity index (χ0) is 11.9. The number of benzene rings is 2. The zero-order valence-corrected chi connectivity index (χ0v) is 10.4. The van der Waals surface area contributed by atoms with E-state index in [0.717, 1.165) is 0 Å². The smallest absolute Gasteiger partial charge is 0.0375 e. The van der Waals surface area contributed by atoms with Crippen molar-refractivity contribution >= 4 is 5.69 Å². The largest absolute Gasteiger partial charge is 0.381 e. The molecule has 1 aliphatic carbocycles. The molecule has 1 heterocycles. The minimum absolute atomic E-state index is 0.620. The van der Waals surface area contributed by atoms with Crippen LogP contribution in [0, 0.1) is 0 Å². The maximum absolute atomic E-state index is 3.74. The third-order valence-electron chi connectivity index (χ3n) is 4.46. The number of anilines is 1. The molecule has 0 radical (unpaired) electrons. The molecule has 1 aliphatic heterocycles. The minimum Gasteiger partial charge on any atom is -0.381 e. The summed E-state index contributed by atoms with van der Waals surface area (Å²) in [5, 5.41) is 3.74. The third-order valence-corrected chi connectivity index (χ3v) is 4.46. The van der Waals surface area contributed by atoms with Gasteiger partial charge in [0.2, 0.25) is 0 Å². The van der Waals surface area contributed by atoms with Gasteiger partial charge in [0.25, 0.3) is 0 Å². The average Bonchev–Trinajstić information content (AvgIpc) is 2.45. The molecule has 2 aliphatic rings. The summed E-state index contributed by atoms with van der Waals surface area (Å²) in [4.78, 5) is 0. The molecule has 0 saturated heterocycles. The molecule has 0 bridgehead atoms. The molecule has 18 heavy (non-hydrogen) atoms. The Morgan fingerprint density at radius 2 is 1.67 bits per heavy atom. The van der Waals surface area contributed by atoms with E-state index in [0.29, 0.717) is 12.0 Å². The predicted octanol–water partition coefficient (Wildman–Crippen LogP) is 3.75. The second-order valence-electron chi connectivity index (χ2n) is 5.46. The van der Waals surface area contributed by atoms with Gasteiger partial charge in [0, 0.05) is 17.6 Å². The molecule has 2 aromatic rings. The first kappa shape index (κ1) is 10.2. The van der Waals surface area contributed by atoms with Gasteiger partial charge in [-0.1, -0.05) is 42.5 Å². The standard InChI is InChI=1S/C17H17N/c1-3-7-14-12(5-1)9-10-17-15(14)11-13-6-2-4-8-16(13)18-17/h1-8,15,17-18H,9-11H2. The molecular weight excluding hydrogens is 218 g/mol. The molecule has 4 rings (SSSR count). The van der Waals surface area contributed by atoms with E-state index in [4.69, 9.17) is 0 Å². The molecule has 2 aromatic carbocycles. The third kappa shape index (κ3) is 1.47. The fourth-order valence-electron chi connectivity index (χ4n) is 3.55. The van der Waals surface area contributed by atoms with Crippen LogP contribution in [0.25, 0.3) is 0 Å². The number of aryl methyl sites for hydroxylation is 1. The number of fused-ring (bicyclic) bond motifs is 4. The normalized spacial score (nSPS) is 24.4. The van der Waals surface area contributed by atoms with Crippen LogP contribution in [0.15, 0.2) is 48.5 Å². The van der Waals surface area contributed by atoms with Crippen molar-refractivity contribution in [3.63, 3.8) is 0 Å². The van der Waals surface area contributed by atoms with E-state index < -0.39 is 0 Å². The van der Waals surface area contributed by atoms with Gasteiger partial charge in [-0.05, 0) is 42.0 Å². The molecule has 2 atom stereocenters. The maximum atomic E-state index is 3.74. The van der Waals surface area contributed by atoms with E-state index in [-0.39, 0.29) is 0 Å². The van der Waals surface area contributed by atoms with Crippen LogP contribution in [0.2, 0.25) is 0 Å². The van der Waals surface area contributed by atoms with Crippen molar-refractivity contribution in [1.82, 2.24) is 0 Å². The highest BCUT2D eigenvalue weighted by atomic mass is 14.9. The van der Waals surface area contributed by atoms with Gasteiger partial charge < -0.3 is 5.32 Å². The van der Waals surface area contributed by atoms with Crippen molar-refractivity contribution in [2.45, 2.75) is 31.2 Å². The topological polar surface area (TPSA) is 12.0 Å². The van der Waals surface area contributed by atoms with Crippen LogP contribution in [-0.2, 0) is 12.8 Å². The van der Waals surface area contributed by atoms with Gasteiger partial charge in [0.1, 0.15) is 0 Å². The molecular formula is C17H17N. The average molecular weight is 235 g/mol. The van der Waals surface area contributed by atoms with E-state index in [2.05, 4.69) is 53.8 Å². The molecule has 1 heteroatoms. The first-order valence-corrected chi connectivity index (χ1v) is 6.84. The Hall–Kier alpha value is -1.76. The van der Waals surface area contributed by atoms with Gasteiger partial charge in [-0.25, -0.2) is 0 Å². The highest BCUT2D eigenvalue weighted by Gasteiger charge is 2.33. The number of para-hydroxylation sites is 1. The highest BCUT2D eigenvalue weighted by molar-refractivity contribution is 5.57. The van der Waals surface area contributed by atoms with Gasteiger partial charge in [-0.2, -0.15) is 0 Å². The van der Waals surface area contributed by atoms with Gasteiger partial charge in [-0.3, -0.25) is 0 Å². The van der Waals surface area contributed by atoms with Crippen LogP contribution < -0.4 is 5.32 Å². The van der Waals surface area contributed by atoms with Gasteiger partial charge >= 0.3 is 0 Å². The first-order chi connectivity index (χ1) is 8.92. The monoisotopic (exact) mass is 235 g/mol. The lowest BCUT2D eigenvalue weighted by Gasteiger charge is -2.39.